The lowest BCUT2D eigenvalue weighted by Gasteiger charge is -2.08. The van der Waals surface area contributed by atoms with Gasteiger partial charge in [0.15, 0.2) is 6.61 Å². The molecule has 26 heavy (non-hydrogen) atoms. The van der Waals surface area contributed by atoms with Crippen LogP contribution in [0.4, 0.5) is 13.2 Å². The molecule has 0 radical (unpaired) electrons. The van der Waals surface area contributed by atoms with Crippen LogP contribution < -0.4 is 10.3 Å². The van der Waals surface area contributed by atoms with Crippen molar-refractivity contribution in [2.75, 3.05) is 6.61 Å². The SMILES string of the molecule is Cn1ccc(Cn2nc(-c3cnc(OCC(F)(F)F)nc3)ccc2=O)c1. The smallest absolute Gasteiger partial charge is 0.422 e. The van der Waals surface area contributed by atoms with Crippen molar-refractivity contribution in [2.24, 2.45) is 7.05 Å². The van der Waals surface area contributed by atoms with E-state index >= 15 is 0 Å². The van der Waals surface area contributed by atoms with Gasteiger partial charge in [0.25, 0.3) is 5.56 Å². The van der Waals surface area contributed by atoms with Gasteiger partial charge in [-0.05, 0) is 17.7 Å². The number of aryl methyl sites for hydroxylation is 1. The molecule has 0 unspecified atom stereocenters. The van der Waals surface area contributed by atoms with Crippen LogP contribution in [0.2, 0.25) is 0 Å². The standard InChI is InChI=1S/C16H14F3N5O2/c1-23-5-4-11(8-23)9-24-14(25)3-2-13(22-24)12-6-20-15(21-7-12)26-10-16(17,18)19/h2-8H,9-10H2,1H3. The van der Waals surface area contributed by atoms with Crippen LogP contribution in [0.15, 0.2) is 47.8 Å². The summed E-state index contributed by atoms with van der Waals surface area (Å²) in [6, 6.07) is 4.35. The minimum Gasteiger partial charge on any atom is -0.454 e. The minimum atomic E-state index is -4.46. The Morgan fingerprint density at radius 1 is 1.15 bits per heavy atom. The van der Waals surface area contributed by atoms with Crippen molar-refractivity contribution in [1.82, 2.24) is 24.3 Å². The van der Waals surface area contributed by atoms with Gasteiger partial charge < -0.3 is 9.30 Å². The predicted octanol–water partition coefficient (Wildman–Crippen LogP) is 2.03. The highest BCUT2D eigenvalue weighted by molar-refractivity contribution is 5.55. The average molecular weight is 365 g/mol. The zero-order valence-corrected chi connectivity index (χ0v) is 13.6. The Morgan fingerprint density at radius 3 is 2.50 bits per heavy atom. The first-order chi connectivity index (χ1) is 12.3. The number of aromatic nitrogens is 5. The maximum absolute atomic E-state index is 12.1. The number of rotatable bonds is 5. The molecule has 0 bridgehead atoms. The Hall–Kier alpha value is -3.17. The molecule has 136 valence electrons. The molecule has 0 saturated heterocycles. The molecule has 0 aromatic carbocycles. The monoisotopic (exact) mass is 365 g/mol. The third-order valence-electron chi connectivity index (χ3n) is 3.38. The third kappa shape index (κ3) is 4.47. The fourth-order valence-electron chi connectivity index (χ4n) is 2.21. The normalized spacial score (nSPS) is 11.5. The molecule has 0 N–H and O–H groups in total. The van der Waals surface area contributed by atoms with E-state index in [-0.39, 0.29) is 11.6 Å². The molecule has 0 amide bonds. The summed E-state index contributed by atoms with van der Waals surface area (Å²) >= 11 is 0. The predicted molar refractivity (Wildman–Crippen MR) is 85.6 cm³/mol. The van der Waals surface area contributed by atoms with Crippen molar-refractivity contribution in [3.8, 4) is 17.3 Å². The second-order valence-electron chi connectivity index (χ2n) is 5.56. The van der Waals surface area contributed by atoms with Crippen LogP contribution in [0.1, 0.15) is 5.56 Å². The first-order valence-corrected chi connectivity index (χ1v) is 7.51. The molecule has 0 aliphatic rings. The van der Waals surface area contributed by atoms with Crippen LogP contribution in [-0.4, -0.2) is 37.1 Å². The molecule has 7 nitrogen and oxygen atoms in total. The lowest BCUT2D eigenvalue weighted by Crippen LogP contribution is -2.22. The second kappa shape index (κ2) is 6.98. The summed E-state index contributed by atoms with van der Waals surface area (Å²) in [5, 5.41) is 4.26. The van der Waals surface area contributed by atoms with Crippen molar-refractivity contribution in [3.05, 3.63) is 58.9 Å². The molecule has 3 heterocycles. The zero-order chi connectivity index (χ0) is 18.7. The Labute approximate surface area is 145 Å². The van der Waals surface area contributed by atoms with Crippen molar-refractivity contribution < 1.29 is 17.9 Å². The van der Waals surface area contributed by atoms with Gasteiger partial charge in [-0.3, -0.25) is 4.79 Å². The number of ether oxygens (including phenoxy) is 1. The Kier molecular flexibility index (Phi) is 4.74. The van der Waals surface area contributed by atoms with E-state index in [1.54, 1.807) is 0 Å². The van der Waals surface area contributed by atoms with E-state index in [0.29, 0.717) is 17.8 Å². The summed E-state index contributed by atoms with van der Waals surface area (Å²) in [6.45, 7) is -1.17. The maximum atomic E-state index is 12.1. The molecule has 0 atom stereocenters. The van der Waals surface area contributed by atoms with Crippen LogP contribution >= 0.6 is 0 Å². The average Bonchev–Trinajstić information content (AvgIpc) is 3.00. The van der Waals surface area contributed by atoms with Gasteiger partial charge in [-0.1, -0.05) is 0 Å². The molecule has 0 saturated carbocycles. The largest absolute Gasteiger partial charge is 0.454 e. The molecule has 0 fully saturated rings. The summed E-state index contributed by atoms with van der Waals surface area (Å²) in [6.07, 6.45) is 1.85. The molecule has 10 heteroatoms. The topological polar surface area (TPSA) is 74.8 Å². The van der Waals surface area contributed by atoms with E-state index in [1.807, 2.05) is 30.1 Å². The van der Waals surface area contributed by atoms with E-state index in [9.17, 15) is 18.0 Å². The molecule has 3 rings (SSSR count). The highest BCUT2D eigenvalue weighted by atomic mass is 19.4. The number of hydrogen-bond donors (Lipinski definition) is 0. The van der Waals surface area contributed by atoms with Gasteiger partial charge in [-0.25, -0.2) is 14.6 Å². The van der Waals surface area contributed by atoms with E-state index in [4.69, 9.17) is 0 Å². The first-order valence-electron chi connectivity index (χ1n) is 7.51. The van der Waals surface area contributed by atoms with Crippen LogP contribution in [-0.2, 0) is 13.6 Å². The molecule has 0 aliphatic carbocycles. The molecule has 3 aromatic rings. The van der Waals surface area contributed by atoms with Crippen LogP contribution in [0.25, 0.3) is 11.3 Å². The lowest BCUT2D eigenvalue weighted by molar-refractivity contribution is -0.154. The van der Waals surface area contributed by atoms with Gasteiger partial charge in [-0.15, -0.1) is 0 Å². The highest BCUT2D eigenvalue weighted by Gasteiger charge is 2.28. The van der Waals surface area contributed by atoms with Gasteiger partial charge in [0.2, 0.25) is 0 Å². The van der Waals surface area contributed by atoms with E-state index in [0.717, 1.165) is 5.56 Å². The summed E-state index contributed by atoms with van der Waals surface area (Å²) in [5.41, 5.74) is 1.50. The molecule has 3 aromatic heterocycles. The number of nitrogens with zero attached hydrogens (tertiary/aromatic N) is 5. The Morgan fingerprint density at radius 2 is 1.88 bits per heavy atom. The fraction of sp³-hybridized carbons (Fsp3) is 0.250. The quantitative estimate of drug-likeness (QED) is 0.692. The first kappa shape index (κ1) is 17.6. The number of halogens is 3. The van der Waals surface area contributed by atoms with E-state index < -0.39 is 12.8 Å². The second-order valence-corrected chi connectivity index (χ2v) is 5.56. The van der Waals surface area contributed by atoms with Crippen molar-refractivity contribution in [2.45, 2.75) is 12.7 Å². The minimum absolute atomic E-state index is 0.274. The summed E-state index contributed by atoms with van der Waals surface area (Å²) in [5.74, 6) is 0. The van der Waals surface area contributed by atoms with Crippen LogP contribution in [0.5, 0.6) is 6.01 Å². The van der Waals surface area contributed by atoms with Gasteiger partial charge >= 0.3 is 12.2 Å². The lowest BCUT2D eigenvalue weighted by atomic mass is 10.2. The maximum Gasteiger partial charge on any atom is 0.422 e. The van der Waals surface area contributed by atoms with Gasteiger partial charge in [0.05, 0.1) is 12.2 Å². The number of hydrogen-bond acceptors (Lipinski definition) is 5. The van der Waals surface area contributed by atoms with Crippen LogP contribution in [0.3, 0.4) is 0 Å². The number of alkyl halides is 3. The van der Waals surface area contributed by atoms with Gasteiger partial charge in [0.1, 0.15) is 0 Å². The van der Waals surface area contributed by atoms with Crippen molar-refractivity contribution in [3.63, 3.8) is 0 Å². The Bertz CT molecular complexity index is 948. The fourth-order valence-corrected chi connectivity index (χ4v) is 2.21. The van der Waals surface area contributed by atoms with E-state index in [2.05, 4.69) is 19.8 Å². The van der Waals surface area contributed by atoms with Crippen molar-refractivity contribution >= 4 is 0 Å². The molecule has 0 spiro atoms. The van der Waals surface area contributed by atoms with Crippen molar-refractivity contribution in [1.29, 1.82) is 0 Å². The third-order valence-corrected chi connectivity index (χ3v) is 3.38. The van der Waals surface area contributed by atoms with Gasteiger partial charge in [-0.2, -0.15) is 18.3 Å². The van der Waals surface area contributed by atoms with Gasteiger partial charge in [0, 0.05) is 43.5 Å². The zero-order valence-electron chi connectivity index (χ0n) is 13.6. The van der Waals surface area contributed by atoms with E-state index in [1.165, 1.54) is 29.2 Å². The Balaban J connectivity index is 1.78. The van der Waals surface area contributed by atoms with Crippen LogP contribution in [0, 0.1) is 0 Å². The summed E-state index contributed by atoms with van der Waals surface area (Å²) < 4.78 is 44.0. The summed E-state index contributed by atoms with van der Waals surface area (Å²) in [4.78, 5) is 19.5. The molecular formula is C16H14F3N5O2. The molecular weight excluding hydrogens is 351 g/mol. The molecule has 0 aliphatic heterocycles. The highest BCUT2D eigenvalue weighted by Crippen LogP contribution is 2.18. The summed E-state index contributed by atoms with van der Waals surface area (Å²) in [7, 11) is 1.87.